The van der Waals surface area contributed by atoms with E-state index in [2.05, 4.69) is 5.32 Å². The van der Waals surface area contributed by atoms with E-state index in [9.17, 15) is 8.42 Å². The predicted octanol–water partition coefficient (Wildman–Crippen LogP) is 0.305. The number of hydrogen-bond acceptors (Lipinski definition) is 3. The molecule has 3 aliphatic heterocycles. The summed E-state index contributed by atoms with van der Waals surface area (Å²) in [6.45, 7) is 3.43. The van der Waals surface area contributed by atoms with E-state index in [0.717, 1.165) is 32.2 Å². The normalized spacial score (nSPS) is 39.3. The van der Waals surface area contributed by atoms with E-state index in [1.165, 1.54) is 0 Å². The summed E-state index contributed by atoms with van der Waals surface area (Å²) in [5.74, 6) is 0. The van der Waals surface area contributed by atoms with Crippen LogP contribution in [0.15, 0.2) is 0 Å². The highest BCUT2D eigenvalue weighted by atomic mass is 32.2. The van der Waals surface area contributed by atoms with Gasteiger partial charge in [-0.1, -0.05) is 0 Å². The summed E-state index contributed by atoms with van der Waals surface area (Å²) in [4.78, 5) is 0. The van der Waals surface area contributed by atoms with Gasteiger partial charge in [0.25, 0.3) is 0 Å². The van der Waals surface area contributed by atoms with Crippen molar-refractivity contribution in [2.45, 2.75) is 49.4 Å². The van der Waals surface area contributed by atoms with Gasteiger partial charge in [0.15, 0.2) is 0 Å². The van der Waals surface area contributed by atoms with Crippen LogP contribution in [-0.2, 0) is 10.0 Å². The SMILES string of the molecule is CC1(S(=O)(=O)N2CC3CCC2CN3)CC1. The first kappa shape index (κ1) is 10.1. The largest absolute Gasteiger partial charge is 0.311 e. The summed E-state index contributed by atoms with van der Waals surface area (Å²) in [5.41, 5.74) is 0. The lowest BCUT2D eigenvalue weighted by Gasteiger charge is -2.45. The first-order chi connectivity index (χ1) is 7.03. The zero-order chi connectivity index (χ0) is 10.7. The summed E-state index contributed by atoms with van der Waals surface area (Å²) < 4.78 is 26.1. The molecule has 15 heavy (non-hydrogen) atoms. The van der Waals surface area contributed by atoms with Crippen LogP contribution < -0.4 is 5.32 Å². The summed E-state index contributed by atoms with van der Waals surface area (Å²) in [7, 11) is -3.03. The summed E-state index contributed by atoms with van der Waals surface area (Å²) in [5, 5.41) is 3.39. The van der Waals surface area contributed by atoms with Crippen LogP contribution >= 0.6 is 0 Å². The van der Waals surface area contributed by atoms with Gasteiger partial charge < -0.3 is 5.32 Å². The number of hydrogen-bond donors (Lipinski definition) is 1. The van der Waals surface area contributed by atoms with Crippen molar-refractivity contribution in [2.24, 2.45) is 0 Å². The van der Waals surface area contributed by atoms with Gasteiger partial charge in [-0.25, -0.2) is 8.42 Å². The van der Waals surface area contributed by atoms with Crippen LogP contribution in [0, 0.1) is 0 Å². The van der Waals surface area contributed by atoms with E-state index in [0.29, 0.717) is 12.6 Å². The number of sulfonamides is 1. The Balaban J connectivity index is 1.88. The highest BCUT2D eigenvalue weighted by Crippen LogP contribution is 2.46. The second kappa shape index (κ2) is 2.96. The lowest BCUT2D eigenvalue weighted by Crippen LogP contribution is -2.63. The molecule has 5 heteroatoms. The molecule has 0 radical (unpaired) electrons. The molecule has 0 spiro atoms. The van der Waals surface area contributed by atoms with Crippen LogP contribution in [0.25, 0.3) is 0 Å². The molecule has 3 saturated heterocycles. The third kappa shape index (κ3) is 1.36. The van der Waals surface area contributed by atoms with Crippen LogP contribution in [0.5, 0.6) is 0 Å². The van der Waals surface area contributed by atoms with E-state index >= 15 is 0 Å². The molecule has 4 aliphatic rings. The number of piperidine rings is 2. The Labute approximate surface area is 91.1 Å². The molecule has 4 nitrogen and oxygen atoms in total. The summed E-state index contributed by atoms with van der Waals surface area (Å²) >= 11 is 0. The Hall–Kier alpha value is -0.130. The molecular weight excluding hydrogens is 212 g/mol. The molecule has 2 atom stereocenters. The Morgan fingerprint density at radius 3 is 2.47 bits per heavy atom. The summed E-state index contributed by atoms with van der Waals surface area (Å²) in [6, 6.07) is 0.615. The van der Waals surface area contributed by atoms with Crippen molar-refractivity contribution in [3.63, 3.8) is 0 Å². The Bertz CT molecular complexity index is 367. The molecule has 0 aromatic heterocycles. The number of nitrogens with zero attached hydrogens (tertiary/aromatic N) is 1. The van der Waals surface area contributed by atoms with E-state index in [-0.39, 0.29) is 6.04 Å². The van der Waals surface area contributed by atoms with Crippen molar-refractivity contribution < 1.29 is 8.42 Å². The second-order valence-electron chi connectivity index (χ2n) is 5.36. The van der Waals surface area contributed by atoms with Crippen LogP contribution in [0.3, 0.4) is 0 Å². The Morgan fingerprint density at radius 2 is 2.07 bits per heavy atom. The average molecular weight is 230 g/mol. The van der Waals surface area contributed by atoms with Gasteiger partial charge in [-0.05, 0) is 32.6 Å². The monoisotopic (exact) mass is 230 g/mol. The number of fused-ring (bicyclic) bond motifs is 3. The van der Waals surface area contributed by atoms with E-state index in [4.69, 9.17) is 0 Å². The van der Waals surface area contributed by atoms with Crippen LogP contribution in [0.4, 0.5) is 0 Å². The molecule has 0 aromatic carbocycles. The first-order valence-electron chi connectivity index (χ1n) is 5.78. The number of nitrogens with one attached hydrogen (secondary N) is 1. The van der Waals surface area contributed by atoms with Crippen molar-refractivity contribution in [3.05, 3.63) is 0 Å². The summed E-state index contributed by atoms with van der Waals surface area (Å²) in [6.07, 6.45) is 3.85. The van der Waals surface area contributed by atoms with E-state index in [1.54, 1.807) is 4.31 Å². The Morgan fingerprint density at radius 1 is 1.33 bits per heavy atom. The molecule has 1 aliphatic carbocycles. The average Bonchev–Trinajstić information content (AvgIpc) is 3.00. The first-order valence-corrected chi connectivity index (χ1v) is 7.22. The fourth-order valence-corrected chi connectivity index (χ4v) is 4.81. The molecule has 1 saturated carbocycles. The smallest absolute Gasteiger partial charge is 0.219 e. The molecule has 0 amide bonds. The van der Waals surface area contributed by atoms with Crippen molar-refractivity contribution in [2.75, 3.05) is 13.1 Å². The maximum Gasteiger partial charge on any atom is 0.219 e. The fourth-order valence-electron chi connectivity index (χ4n) is 2.68. The fraction of sp³-hybridized carbons (Fsp3) is 1.00. The molecular formula is C10H18N2O2S. The molecule has 2 unspecified atom stereocenters. The van der Waals surface area contributed by atoms with Crippen molar-refractivity contribution >= 4 is 10.0 Å². The lowest BCUT2D eigenvalue weighted by molar-refractivity contribution is 0.150. The van der Waals surface area contributed by atoms with Gasteiger partial charge in [0, 0.05) is 25.2 Å². The molecule has 4 fully saturated rings. The minimum absolute atomic E-state index is 0.220. The standard InChI is InChI=1S/C10H18N2O2S/c1-10(4-5-10)15(13,14)12-7-8-2-3-9(12)6-11-8/h8-9,11H,2-7H2,1H3. The zero-order valence-electron chi connectivity index (χ0n) is 9.07. The second-order valence-corrected chi connectivity index (χ2v) is 7.77. The molecule has 4 rings (SSSR count). The highest BCUT2D eigenvalue weighted by Gasteiger charge is 2.55. The lowest BCUT2D eigenvalue weighted by atomic mass is 9.96. The zero-order valence-corrected chi connectivity index (χ0v) is 9.89. The van der Waals surface area contributed by atoms with Gasteiger partial charge in [0.2, 0.25) is 10.0 Å². The maximum absolute atomic E-state index is 12.4. The van der Waals surface area contributed by atoms with E-state index < -0.39 is 14.8 Å². The molecule has 2 bridgehead atoms. The number of piperazine rings is 1. The van der Waals surface area contributed by atoms with Crippen LogP contribution in [-0.4, -0.2) is 42.6 Å². The molecule has 86 valence electrons. The maximum atomic E-state index is 12.4. The molecule has 1 N–H and O–H groups in total. The minimum atomic E-state index is -3.03. The molecule has 3 heterocycles. The minimum Gasteiger partial charge on any atom is -0.311 e. The predicted molar refractivity (Wildman–Crippen MR) is 58.1 cm³/mol. The van der Waals surface area contributed by atoms with Crippen LogP contribution in [0.2, 0.25) is 0 Å². The van der Waals surface area contributed by atoms with Crippen molar-refractivity contribution in [1.29, 1.82) is 0 Å². The Kier molecular flexibility index (Phi) is 1.98. The van der Waals surface area contributed by atoms with Gasteiger partial charge in [0.1, 0.15) is 0 Å². The third-order valence-electron chi connectivity index (χ3n) is 4.18. The third-order valence-corrected chi connectivity index (χ3v) is 6.90. The van der Waals surface area contributed by atoms with Gasteiger partial charge >= 0.3 is 0 Å². The van der Waals surface area contributed by atoms with Gasteiger partial charge in [0.05, 0.1) is 4.75 Å². The quantitative estimate of drug-likeness (QED) is 0.742. The van der Waals surface area contributed by atoms with Gasteiger partial charge in [-0.2, -0.15) is 4.31 Å². The topological polar surface area (TPSA) is 49.4 Å². The number of rotatable bonds is 2. The van der Waals surface area contributed by atoms with Crippen molar-refractivity contribution in [1.82, 2.24) is 9.62 Å². The van der Waals surface area contributed by atoms with Gasteiger partial charge in [-0.15, -0.1) is 0 Å². The van der Waals surface area contributed by atoms with Gasteiger partial charge in [-0.3, -0.25) is 0 Å². The van der Waals surface area contributed by atoms with Crippen molar-refractivity contribution in [3.8, 4) is 0 Å². The molecule has 0 aromatic rings. The van der Waals surface area contributed by atoms with E-state index in [1.807, 2.05) is 6.92 Å². The highest BCUT2D eigenvalue weighted by molar-refractivity contribution is 7.90. The van der Waals surface area contributed by atoms with Crippen LogP contribution in [0.1, 0.15) is 32.6 Å².